The van der Waals surface area contributed by atoms with Crippen molar-refractivity contribution in [2.45, 2.75) is 25.3 Å². The van der Waals surface area contributed by atoms with Crippen molar-refractivity contribution in [3.63, 3.8) is 0 Å². The van der Waals surface area contributed by atoms with Crippen LogP contribution in [0.3, 0.4) is 0 Å². The number of carbonyl (C=O) groups is 1. The van der Waals surface area contributed by atoms with Gasteiger partial charge in [0.25, 0.3) is 0 Å². The number of hydrogen-bond acceptors (Lipinski definition) is 3. The van der Waals surface area contributed by atoms with Crippen LogP contribution in [0.4, 0.5) is 0 Å². The Hall–Kier alpha value is -0.900. The molecule has 1 saturated heterocycles. The summed E-state index contributed by atoms with van der Waals surface area (Å²) >= 11 is 5.05. The molecule has 0 aromatic carbocycles. The monoisotopic (exact) mass is 213 g/mol. The van der Waals surface area contributed by atoms with Crippen LogP contribution in [0, 0.1) is 5.92 Å². The average molecular weight is 213 g/mol. The standard InChI is InChI=1S/C10H15NO2S/c1-4-7(2)10(9(12)13-3)6-5-8(14)11-10/h4,7H,1,5-6H2,2-3H3,(H,11,14)/t7-,10+/m0/s1. The van der Waals surface area contributed by atoms with Gasteiger partial charge in [0.15, 0.2) is 0 Å². The number of thiocarbonyl (C=S) groups is 1. The molecule has 1 fully saturated rings. The van der Waals surface area contributed by atoms with Crippen LogP contribution >= 0.6 is 12.2 Å². The van der Waals surface area contributed by atoms with E-state index in [2.05, 4.69) is 11.9 Å². The summed E-state index contributed by atoms with van der Waals surface area (Å²) in [6, 6.07) is 0. The summed E-state index contributed by atoms with van der Waals surface area (Å²) in [5.74, 6) is -0.250. The summed E-state index contributed by atoms with van der Waals surface area (Å²) in [7, 11) is 1.39. The molecule has 1 aliphatic rings. The second kappa shape index (κ2) is 4.09. The molecule has 0 aromatic rings. The minimum Gasteiger partial charge on any atom is -0.467 e. The molecule has 0 saturated carbocycles. The molecular weight excluding hydrogens is 198 g/mol. The van der Waals surface area contributed by atoms with Crippen molar-refractivity contribution in [1.82, 2.24) is 5.32 Å². The topological polar surface area (TPSA) is 38.3 Å². The fourth-order valence-corrected chi connectivity index (χ4v) is 2.03. The summed E-state index contributed by atoms with van der Waals surface area (Å²) in [5.41, 5.74) is -0.687. The zero-order chi connectivity index (χ0) is 10.8. The minimum absolute atomic E-state index is 0.00963. The maximum Gasteiger partial charge on any atom is 0.332 e. The van der Waals surface area contributed by atoms with E-state index in [0.29, 0.717) is 6.42 Å². The van der Waals surface area contributed by atoms with Crippen molar-refractivity contribution in [1.29, 1.82) is 0 Å². The van der Waals surface area contributed by atoms with Crippen molar-refractivity contribution >= 4 is 23.2 Å². The normalized spacial score (nSPS) is 28.0. The summed E-state index contributed by atoms with van der Waals surface area (Å²) < 4.78 is 4.80. The first-order valence-corrected chi connectivity index (χ1v) is 4.99. The van der Waals surface area contributed by atoms with Gasteiger partial charge >= 0.3 is 5.97 Å². The van der Waals surface area contributed by atoms with E-state index in [1.165, 1.54) is 7.11 Å². The van der Waals surface area contributed by atoms with Crippen LogP contribution in [-0.2, 0) is 9.53 Å². The van der Waals surface area contributed by atoms with E-state index >= 15 is 0 Å². The molecule has 0 unspecified atom stereocenters. The van der Waals surface area contributed by atoms with Crippen LogP contribution in [0.1, 0.15) is 19.8 Å². The molecule has 4 heteroatoms. The fraction of sp³-hybridized carbons (Fsp3) is 0.600. The second-order valence-corrected chi connectivity index (χ2v) is 4.03. The smallest absolute Gasteiger partial charge is 0.332 e. The fourth-order valence-electron chi connectivity index (χ4n) is 1.75. The molecule has 1 N–H and O–H groups in total. The van der Waals surface area contributed by atoms with Gasteiger partial charge in [-0.2, -0.15) is 0 Å². The molecule has 0 radical (unpaired) electrons. The maximum absolute atomic E-state index is 11.7. The Kier molecular flexibility index (Phi) is 3.26. The highest BCUT2D eigenvalue weighted by Crippen LogP contribution is 2.30. The number of ether oxygens (including phenoxy) is 1. The van der Waals surface area contributed by atoms with Gasteiger partial charge in [-0.15, -0.1) is 6.58 Å². The predicted molar refractivity (Wildman–Crippen MR) is 59.1 cm³/mol. The van der Waals surface area contributed by atoms with E-state index in [4.69, 9.17) is 17.0 Å². The number of rotatable bonds is 3. The molecule has 0 amide bonds. The van der Waals surface area contributed by atoms with E-state index in [9.17, 15) is 4.79 Å². The van der Waals surface area contributed by atoms with Gasteiger partial charge in [0, 0.05) is 12.3 Å². The minimum atomic E-state index is -0.687. The van der Waals surface area contributed by atoms with E-state index in [-0.39, 0.29) is 11.9 Å². The Labute approximate surface area is 89.5 Å². The average Bonchev–Trinajstić information content (AvgIpc) is 2.59. The van der Waals surface area contributed by atoms with Gasteiger partial charge in [0.2, 0.25) is 0 Å². The quantitative estimate of drug-likeness (QED) is 0.437. The van der Waals surface area contributed by atoms with Crippen molar-refractivity contribution in [2.24, 2.45) is 5.92 Å². The number of carbonyl (C=O) groups excluding carboxylic acids is 1. The van der Waals surface area contributed by atoms with Crippen LogP contribution in [-0.4, -0.2) is 23.6 Å². The van der Waals surface area contributed by atoms with Gasteiger partial charge < -0.3 is 10.1 Å². The summed E-state index contributed by atoms with van der Waals surface area (Å²) in [5, 5.41) is 3.05. The first-order valence-electron chi connectivity index (χ1n) is 4.59. The highest BCUT2D eigenvalue weighted by Gasteiger charge is 2.47. The molecule has 2 atom stereocenters. The van der Waals surface area contributed by atoms with Crippen molar-refractivity contribution in [3.05, 3.63) is 12.7 Å². The molecular formula is C10H15NO2S. The summed E-state index contributed by atoms with van der Waals surface area (Å²) in [6.07, 6.45) is 3.17. The molecule has 1 aliphatic heterocycles. The van der Waals surface area contributed by atoms with Gasteiger partial charge in [0.05, 0.1) is 12.1 Å². The third-order valence-electron chi connectivity index (χ3n) is 2.79. The number of methoxy groups -OCH3 is 1. The molecule has 1 heterocycles. The summed E-state index contributed by atoms with van der Waals surface area (Å²) in [6.45, 7) is 5.64. The highest BCUT2D eigenvalue weighted by atomic mass is 32.1. The lowest BCUT2D eigenvalue weighted by Gasteiger charge is -2.30. The second-order valence-electron chi connectivity index (χ2n) is 3.54. The Bertz CT molecular complexity index is 277. The number of esters is 1. The lowest BCUT2D eigenvalue weighted by Crippen LogP contribution is -2.53. The SMILES string of the molecule is C=C[C@H](C)[C@@]1(C(=O)OC)CCC(=S)N1. The van der Waals surface area contributed by atoms with E-state index in [0.717, 1.165) is 11.4 Å². The zero-order valence-electron chi connectivity index (χ0n) is 8.50. The third-order valence-corrected chi connectivity index (χ3v) is 3.10. The van der Waals surface area contributed by atoms with Crippen LogP contribution in [0.2, 0.25) is 0 Å². The largest absolute Gasteiger partial charge is 0.467 e. The zero-order valence-corrected chi connectivity index (χ0v) is 9.32. The third kappa shape index (κ3) is 1.66. The van der Waals surface area contributed by atoms with Crippen LogP contribution in [0.5, 0.6) is 0 Å². The Morgan fingerprint density at radius 2 is 2.50 bits per heavy atom. The number of hydrogen-bond donors (Lipinski definition) is 1. The number of nitrogens with one attached hydrogen (secondary N) is 1. The Morgan fingerprint density at radius 3 is 2.86 bits per heavy atom. The van der Waals surface area contributed by atoms with E-state index in [1.807, 2.05) is 6.92 Å². The molecule has 0 bridgehead atoms. The van der Waals surface area contributed by atoms with E-state index in [1.54, 1.807) is 6.08 Å². The van der Waals surface area contributed by atoms with Gasteiger partial charge in [0.1, 0.15) is 5.54 Å². The van der Waals surface area contributed by atoms with E-state index < -0.39 is 5.54 Å². The molecule has 0 aliphatic carbocycles. The van der Waals surface area contributed by atoms with Gasteiger partial charge in [-0.25, -0.2) is 4.79 Å². The van der Waals surface area contributed by atoms with Crippen LogP contribution < -0.4 is 5.32 Å². The molecule has 3 nitrogen and oxygen atoms in total. The Morgan fingerprint density at radius 1 is 1.86 bits per heavy atom. The molecule has 1 rings (SSSR count). The molecule has 78 valence electrons. The predicted octanol–water partition coefficient (Wildman–Crippen LogP) is 1.43. The van der Waals surface area contributed by atoms with Crippen LogP contribution in [0.25, 0.3) is 0 Å². The van der Waals surface area contributed by atoms with Crippen molar-refractivity contribution in [3.8, 4) is 0 Å². The van der Waals surface area contributed by atoms with Gasteiger partial charge in [-0.3, -0.25) is 0 Å². The molecule has 0 spiro atoms. The molecule has 0 aromatic heterocycles. The van der Waals surface area contributed by atoms with Crippen LogP contribution in [0.15, 0.2) is 12.7 Å². The van der Waals surface area contributed by atoms with Crippen molar-refractivity contribution in [2.75, 3.05) is 7.11 Å². The molecule has 14 heavy (non-hydrogen) atoms. The Balaban J connectivity index is 2.96. The van der Waals surface area contributed by atoms with Crippen molar-refractivity contribution < 1.29 is 9.53 Å². The first kappa shape index (κ1) is 11.2. The van der Waals surface area contributed by atoms with Gasteiger partial charge in [-0.1, -0.05) is 25.2 Å². The lowest BCUT2D eigenvalue weighted by atomic mass is 9.84. The summed E-state index contributed by atoms with van der Waals surface area (Å²) in [4.78, 5) is 12.4. The maximum atomic E-state index is 11.7. The highest BCUT2D eigenvalue weighted by molar-refractivity contribution is 7.80. The van der Waals surface area contributed by atoms with Gasteiger partial charge in [-0.05, 0) is 6.42 Å². The first-order chi connectivity index (χ1) is 6.56. The lowest BCUT2D eigenvalue weighted by molar-refractivity contribution is -0.149.